The molecule has 0 unspecified atom stereocenters. The molecule has 0 aromatic heterocycles. The Labute approximate surface area is 47.1 Å². The molecule has 1 rings (SSSR count). The summed E-state index contributed by atoms with van der Waals surface area (Å²) in [4.78, 5) is 10.3. The van der Waals surface area contributed by atoms with Gasteiger partial charge in [0, 0.05) is 0 Å². The molecule has 0 aromatic carbocycles. The molecule has 3 heteroatoms. The van der Waals surface area contributed by atoms with Crippen LogP contribution in [0.4, 0.5) is 0 Å². The van der Waals surface area contributed by atoms with Crippen LogP contribution in [0.15, 0.2) is 11.5 Å². The summed E-state index contributed by atoms with van der Waals surface area (Å²) in [6.07, 6.45) is 0.256. The summed E-state index contributed by atoms with van der Waals surface area (Å²) in [7, 11) is 0. The number of carbonyl (C=O) groups excluding carboxylic acids is 1. The fourth-order valence-electron chi connectivity index (χ4n) is 0.552. The van der Waals surface area contributed by atoms with Gasteiger partial charge in [0.25, 0.3) is 0 Å². The molecule has 0 radical (unpaired) electrons. The van der Waals surface area contributed by atoms with Gasteiger partial charge in [-0.25, -0.2) is 0 Å². The zero-order valence-corrected chi connectivity index (χ0v) is 4.60. The zero-order chi connectivity index (χ0) is 6.15. The van der Waals surface area contributed by atoms with Crippen LogP contribution >= 0.6 is 0 Å². The van der Waals surface area contributed by atoms with Gasteiger partial charge in [0.15, 0.2) is 0 Å². The van der Waals surface area contributed by atoms with E-state index in [0.29, 0.717) is 11.5 Å². The lowest BCUT2D eigenvalue weighted by atomic mass is 10.3. The monoisotopic (exact) mass is 113 g/mol. The first-order chi connectivity index (χ1) is 3.70. The highest BCUT2D eigenvalue weighted by Crippen LogP contribution is 2.13. The van der Waals surface area contributed by atoms with E-state index in [-0.39, 0.29) is 12.4 Å². The van der Waals surface area contributed by atoms with Crippen molar-refractivity contribution in [3.63, 3.8) is 0 Å². The van der Waals surface area contributed by atoms with Gasteiger partial charge in [-0.05, 0) is 6.92 Å². The first kappa shape index (κ1) is 5.15. The zero-order valence-electron chi connectivity index (χ0n) is 4.60. The van der Waals surface area contributed by atoms with Crippen LogP contribution in [0.1, 0.15) is 13.3 Å². The van der Waals surface area contributed by atoms with E-state index in [0.717, 1.165) is 0 Å². The molecule has 0 amide bonds. The van der Waals surface area contributed by atoms with Gasteiger partial charge in [0.05, 0.1) is 12.1 Å². The highest BCUT2D eigenvalue weighted by atomic mass is 16.5. The second-order valence-corrected chi connectivity index (χ2v) is 1.73. The molecule has 0 bridgehead atoms. The van der Waals surface area contributed by atoms with Gasteiger partial charge in [0.1, 0.15) is 5.76 Å². The summed E-state index contributed by atoms with van der Waals surface area (Å²) in [6, 6.07) is 0. The van der Waals surface area contributed by atoms with E-state index in [9.17, 15) is 4.79 Å². The lowest BCUT2D eigenvalue weighted by Crippen LogP contribution is -1.96. The second-order valence-electron chi connectivity index (χ2n) is 1.73. The van der Waals surface area contributed by atoms with Gasteiger partial charge >= 0.3 is 5.97 Å². The van der Waals surface area contributed by atoms with E-state index in [2.05, 4.69) is 4.74 Å². The minimum absolute atomic E-state index is 0.250. The normalized spacial score (nSPS) is 19.4. The van der Waals surface area contributed by atoms with Crippen molar-refractivity contribution in [2.45, 2.75) is 13.3 Å². The average Bonchev–Trinajstić information content (AvgIpc) is 1.85. The largest absolute Gasteiger partial charge is 0.429 e. The van der Waals surface area contributed by atoms with Crippen LogP contribution in [0.25, 0.3) is 0 Å². The number of rotatable bonds is 0. The molecule has 0 aliphatic carbocycles. The third-order valence-corrected chi connectivity index (χ3v) is 1.05. The fourth-order valence-corrected chi connectivity index (χ4v) is 0.552. The molecule has 0 atom stereocenters. The SMILES string of the molecule is CC1=C(N)CC(=O)O1. The standard InChI is InChI=1S/C5H7NO2/c1-3-4(6)2-5(7)8-3/h2,6H2,1H3. The maximum Gasteiger partial charge on any atom is 0.317 e. The topological polar surface area (TPSA) is 52.3 Å². The summed E-state index contributed by atoms with van der Waals surface area (Å²) >= 11 is 0. The van der Waals surface area contributed by atoms with Crippen LogP contribution in [0, 0.1) is 0 Å². The smallest absolute Gasteiger partial charge is 0.317 e. The Morgan fingerprint density at radius 3 is 2.50 bits per heavy atom. The summed E-state index contributed by atoms with van der Waals surface area (Å²) in [5.41, 5.74) is 5.85. The van der Waals surface area contributed by atoms with Crippen LogP contribution in [-0.4, -0.2) is 5.97 Å². The van der Waals surface area contributed by atoms with Crippen LogP contribution in [0.5, 0.6) is 0 Å². The lowest BCUT2D eigenvalue weighted by molar-refractivity contribution is -0.136. The number of cyclic esters (lactones) is 1. The maximum atomic E-state index is 10.3. The van der Waals surface area contributed by atoms with E-state index in [1.54, 1.807) is 6.92 Å². The van der Waals surface area contributed by atoms with Crippen LogP contribution in [-0.2, 0) is 9.53 Å². The summed E-state index contributed by atoms with van der Waals surface area (Å²) in [5, 5.41) is 0. The Balaban J connectivity index is 2.73. The van der Waals surface area contributed by atoms with E-state index in [1.807, 2.05) is 0 Å². The summed E-state index contributed by atoms with van der Waals surface area (Å²) in [6.45, 7) is 1.68. The molecule has 8 heavy (non-hydrogen) atoms. The number of hydrogen-bond acceptors (Lipinski definition) is 3. The molecule has 0 spiro atoms. The van der Waals surface area contributed by atoms with Gasteiger partial charge in [-0.3, -0.25) is 4.79 Å². The Bertz CT molecular complexity index is 144. The van der Waals surface area contributed by atoms with Gasteiger partial charge in [-0.2, -0.15) is 0 Å². The number of hydrogen-bond donors (Lipinski definition) is 1. The molecule has 0 saturated carbocycles. The number of allylic oxidation sites excluding steroid dienone is 1. The average molecular weight is 113 g/mol. The van der Waals surface area contributed by atoms with Crippen molar-refractivity contribution >= 4 is 5.97 Å². The molecule has 0 saturated heterocycles. The first-order valence-electron chi connectivity index (χ1n) is 2.36. The third-order valence-electron chi connectivity index (χ3n) is 1.05. The molecule has 2 N–H and O–H groups in total. The molecule has 44 valence electrons. The molecular weight excluding hydrogens is 106 g/mol. The van der Waals surface area contributed by atoms with Crippen LogP contribution in [0.2, 0.25) is 0 Å². The molecule has 0 aromatic rings. The molecule has 1 aliphatic heterocycles. The van der Waals surface area contributed by atoms with E-state index < -0.39 is 0 Å². The maximum absolute atomic E-state index is 10.3. The van der Waals surface area contributed by atoms with Gasteiger partial charge in [0.2, 0.25) is 0 Å². The Hall–Kier alpha value is -0.990. The lowest BCUT2D eigenvalue weighted by Gasteiger charge is -1.88. The van der Waals surface area contributed by atoms with Crippen LogP contribution in [0.3, 0.4) is 0 Å². The molecule has 1 aliphatic rings. The molecular formula is C5H7NO2. The minimum atomic E-state index is -0.250. The van der Waals surface area contributed by atoms with Gasteiger partial charge < -0.3 is 10.5 Å². The Morgan fingerprint density at radius 1 is 1.75 bits per heavy atom. The summed E-state index contributed by atoms with van der Waals surface area (Å²) < 4.78 is 4.59. The van der Waals surface area contributed by atoms with Gasteiger partial charge in [-0.15, -0.1) is 0 Å². The summed E-state index contributed by atoms with van der Waals surface area (Å²) in [5.74, 6) is 0.301. The fraction of sp³-hybridized carbons (Fsp3) is 0.400. The van der Waals surface area contributed by atoms with Crippen molar-refractivity contribution in [2.75, 3.05) is 0 Å². The predicted octanol–water partition coefficient (Wildman–Crippen LogP) is 0.124. The number of ether oxygens (including phenoxy) is 1. The first-order valence-corrected chi connectivity index (χ1v) is 2.36. The van der Waals surface area contributed by atoms with E-state index >= 15 is 0 Å². The van der Waals surface area contributed by atoms with Crippen molar-refractivity contribution in [2.24, 2.45) is 5.73 Å². The van der Waals surface area contributed by atoms with Gasteiger partial charge in [-0.1, -0.05) is 0 Å². The van der Waals surface area contributed by atoms with Crippen molar-refractivity contribution in [1.82, 2.24) is 0 Å². The second kappa shape index (κ2) is 1.51. The van der Waals surface area contributed by atoms with Crippen molar-refractivity contribution in [1.29, 1.82) is 0 Å². The number of esters is 1. The third kappa shape index (κ3) is 0.665. The Kier molecular flexibility index (Phi) is 0.970. The number of nitrogens with two attached hydrogens (primary N) is 1. The molecule has 3 nitrogen and oxygen atoms in total. The highest BCUT2D eigenvalue weighted by Gasteiger charge is 2.16. The van der Waals surface area contributed by atoms with E-state index in [4.69, 9.17) is 5.73 Å². The predicted molar refractivity (Wildman–Crippen MR) is 27.6 cm³/mol. The van der Waals surface area contributed by atoms with Crippen LogP contribution < -0.4 is 5.73 Å². The van der Waals surface area contributed by atoms with E-state index in [1.165, 1.54) is 0 Å². The Morgan fingerprint density at radius 2 is 2.38 bits per heavy atom. The molecule has 0 fully saturated rings. The minimum Gasteiger partial charge on any atom is -0.429 e. The van der Waals surface area contributed by atoms with Crippen molar-refractivity contribution < 1.29 is 9.53 Å². The quantitative estimate of drug-likeness (QED) is 0.454. The van der Waals surface area contributed by atoms with Crippen molar-refractivity contribution in [3.8, 4) is 0 Å². The molecule has 1 heterocycles. The van der Waals surface area contributed by atoms with Crippen molar-refractivity contribution in [3.05, 3.63) is 11.5 Å². The highest BCUT2D eigenvalue weighted by molar-refractivity contribution is 5.76. The number of carbonyl (C=O) groups is 1.